The number of hydrogen-bond acceptors (Lipinski definition) is 6. The molecule has 3 rings (SSSR count). The summed E-state index contributed by atoms with van der Waals surface area (Å²) in [4.78, 5) is 27.8. The minimum absolute atomic E-state index is 0.0522. The van der Waals surface area contributed by atoms with Gasteiger partial charge in [-0.25, -0.2) is 5.84 Å². The molecule has 10 heteroatoms. The number of carbonyl (C=O) groups is 2. The summed E-state index contributed by atoms with van der Waals surface area (Å²) in [5, 5.41) is 8.35. The minimum Gasteiger partial charge on any atom is -0.350 e. The van der Waals surface area contributed by atoms with Crippen LogP contribution in [0.3, 0.4) is 0 Å². The molecule has 0 aliphatic carbocycles. The van der Waals surface area contributed by atoms with E-state index in [1.165, 1.54) is 11.3 Å². The van der Waals surface area contributed by atoms with Crippen molar-refractivity contribution in [2.45, 2.75) is 30.7 Å². The first-order valence-electron chi connectivity index (χ1n) is 10.1. The summed E-state index contributed by atoms with van der Waals surface area (Å²) in [6.45, 7) is 0.749. The number of halogens is 1. The fourth-order valence-corrected chi connectivity index (χ4v) is 4.63. The van der Waals surface area contributed by atoms with Crippen molar-refractivity contribution in [2.24, 2.45) is 16.8 Å². The summed E-state index contributed by atoms with van der Waals surface area (Å²) in [5.41, 5.74) is 2.24. The quantitative estimate of drug-likeness (QED) is 0.233. The Hall–Kier alpha value is -2.75. The summed E-state index contributed by atoms with van der Waals surface area (Å²) in [6.07, 6.45) is 4.14. The molecule has 1 heterocycles. The van der Waals surface area contributed by atoms with E-state index in [-0.39, 0.29) is 30.0 Å². The third-order valence-corrected chi connectivity index (χ3v) is 6.62. The van der Waals surface area contributed by atoms with Gasteiger partial charge in [-0.1, -0.05) is 41.9 Å². The number of thioether (sulfide) groups is 1. The van der Waals surface area contributed by atoms with Crippen LogP contribution >= 0.6 is 23.4 Å². The molecule has 0 aromatic heterocycles. The van der Waals surface area contributed by atoms with Crippen molar-refractivity contribution in [2.75, 3.05) is 17.8 Å². The van der Waals surface area contributed by atoms with Crippen LogP contribution in [0.1, 0.15) is 17.5 Å². The van der Waals surface area contributed by atoms with E-state index in [9.17, 15) is 9.59 Å². The molecule has 2 atom stereocenters. The maximum atomic E-state index is 13.1. The molecule has 2 aromatic carbocycles. The highest BCUT2D eigenvalue weighted by atomic mass is 35.5. The Balaban J connectivity index is 1.71. The van der Waals surface area contributed by atoms with E-state index in [1.807, 2.05) is 36.6 Å². The van der Waals surface area contributed by atoms with Crippen LogP contribution in [0.15, 0.2) is 53.6 Å². The highest BCUT2D eigenvalue weighted by molar-refractivity contribution is 7.99. The van der Waals surface area contributed by atoms with Gasteiger partial charge in [0.25, 0.3) is 0 Å². The average Bonchev–Trinajstić information content (AvgIpc) is 3.23. The molecular weight excluding hydrogens is 448 g/mol. The Labute approximate surface area is 196 Å². The van der Waals surface area contributed by atoms with E-state index >= 15 is 0 Å². The molecule has 1 unspecified atom stereocenters. The molecule has 1 fully saturated rings. The number of nitrogens with two attached hydrogens (primary N) is 2. The number of hydrazone groups is 1. The van der Waals surface area contributed by atoms with E-state index in [0.29, 0.717) is 29.2 Å². The highest BCUT2D eigenvalue weighted by Crippen LogP contribution is 2.28. The molecule has 1 saturated heterocycles. The standard InChI is InChI=1S/C22H27ClN6O2S/c1-32-18-11-20(28(13-18)21(30)9-15-5-3-2-4-6-15)22(31)26-12-16-10-17(23)7-8-19(16)29(25)14-27-24/h2-8,10,14,18,20H,9,11-13,24-25H2,1H3,(H,26,31)/b27-14-/t18-,20?/m1/s1. The zero-order valence-electron chi connectivity index (χ0n) is 17.8. The van der Waals surface area contributed by atoms with Crippen molar-refractivity contribution in [3.05, 3.63) is 64.7 Å². The normalized spacial score (nSPS) is 18.2. The topological polar surface area (TPSA) is 117 Å². The summed E-state index contributed by atoms with van der Waals surface area (Å²) < 4.78 is 0. The monoisotopic (exact) mass is 474 g/mol. The van der Waals surface area contributed by atoms with Crippen molar-refractivity contribution in [3.8, 4) is 0 Å². The molecule has 1 aliphatic rings. The van der Waals surface area contributed by atoms with E-state index in [2.05, 4.69) is 10.4 Å². The van der Waals surface area contributed by atoms with Crippen molar-refractivity contribution in [1.82, 2.24) is 10.2 Å². The fourth-order valence-electron chi connectivity index (χ4n) is 3.75. The lowest BCUT2D eigenvalue weighted by atomic mass is 10.1. The van der Waals surface area contributed by atoms with Gasteiger partial charge >= 0.3 is 0 Å². The van der Waals surface area contributed by atoms with Gasteiger partial charge in [0.1, 0.15) is 12.4 Å². The van der Waals surface area contributed by atoms with Gasteiger partial charge < -0.3 is 16.1 Å². The molecule has 0 saturated carbocycles. The summed E-state index contributed by atoms with van der Waals surface area (Å²) in [5.74, 6) is 10.9. The molecule has 5 N–H and O–H groups in total. The number of nitrogens with one attached hydrogen (secondary N) is 1. The Kier molecular flexibility index (Phi) is 8.38. The first kappa shape index (κ1) is 23.9. The lowest BCUT2D eigenvalue weighted by Crippen LogP contribution is -2.46. The predicted octanol–water partition coefficient (Wildman–Crippen LogP) is 2.11. The van der Waals surface area contributed by atoms with Gasteiger partial charge in [-0.3, -0.25) is 14.6 Å². The lowest BCUT2D eigenvalue weighted by Gasteiger charge is -2.24. The number of anilines is 1. The van der Waals surface area contributed by atoms with Crippen LogP contribution in [0.4, 0.5) is 5.69 Å². The molecule has 2 aromatic rings. The van der Waals surface area contributed by atoms with Gasteiger partial charge in [-0.05, 0) is 42.0 Å². The third-order valence-electron chi connectivity index (χ3n) is 5.38. The van der Waals surface area contributed by atoms with Crippen molar-refractivity contribution < 1.29 is 9.59 Å². The minimum atomic E-state index is -0.522. The van der Waals surface area contributed by atoms with Gasteiger partial charge in [0.05, 0.1) is 12.1 Å². The largest absolute Gasteiger partial charge is 0.350 e. The molecule has 8 nitrogen and oxygen atoms in total. The summed E-state index contributed by atoms with van der Waals surface area (Å²) in [6, 6.07) is 14.2. The molecular formula is C22H27ClN6O2S. The van der Waals surface area contributed by atoms with Crippen LogP contribution in [0.25, 0.3) is 0 Å². The van der Waals surface area contributed by atoms with Gasteiger partial charge in [-0.2, -0.15) is 16.9 Å². The third kappa shape index (κ3) is 5.93. The Bertz CT molecular complexity index is 974. The molecule has 0 spiro atoms. The van der Waals surface area contributed by atoms with Crippen LogP contribution in [0.2, 0.25) is 5.02 Å². The van der Waals surface area contributed by atoms with Crippen molar-refractivity contribution in [3.63, 3.8) is 0 Å². The first-order valence-corrected chi connectivity index (χ1v) is 11.8. The van der Waals surface area contributed by atoms with Crippen LogP contribution in [-0.4, -0.2) is 47.1 Å². The number of carbonyl (C=O) groups excluding carboxylic acids is 2. The zero-order valence-corrected chi connectivity index (χ0v) is 19.4. The SMILES string of the molecule is CS[C@@H]1CC(C(=O)NCc2cc(Cl)ccc2N(N)/C=N\N)N(C(=O)Cc2ccccc2)C1. The Morgan fingerprint density at radius 2 is 2.06 bits per heavy atom. The fraction of sp³-hybridized carbons (Fsp3) is 0.318. The van der Waals surface area contributed by atoms with Crippen molar-refractivity contribution >= 4 is 47.2 Å². The Morgan fingerprint density at radius 3 is 2.75 bits per heavy atom. The molecule has 1 aliphatic heterocycles. The van der Waals surface area contributed by atoms with Crippen LogP contribution in [0.5, 0.6) is 0 Å². The second kappa shape index (κ2) is 11.2. The number of benzene rings is 2. The molecule has 32 heavy (non-hydrogen) atoms. The number of amides is 2. The Morgan fingerprint density at radius 1 is 1.31 bits per heavy atom. The van der Waals surface area contributed by atoms with Crippen LogP contribution in [-0.2, 0) is 22.6 Å². The van der Waals surface area contributed by atoms with E-state index in [4.69, 9.17) is 23.3 Å². The summed E-state index contributed by atoms with van der Waals surface area (Å²) in [7, 11) is 0. The number of likely N-dealkylation sites (tertiary alicyclic amines) is 1. The van der Waals surface area contributed by atoms with Crippen molar-refractivity contribution in [1.29, 1.82) is 0 Å². The van der Waals surface area contributed by atoms with E-state index in [1.54, 1.807) is 34.9 Å². The van der Waals surface area contributed by atoms with E-state index < -0.39 is 6.04 Å². The second-order valence-electron chi connectivity index (χ2n) is 7.48. The summed E-state index contributed by atoms with van der Waals surface area (Å²) >= 11 is 7.80. The molecule has 0 radical (unpaired) electrons. The number of hydrogen-bond donors (Lipinski definition) is 3. The number of nitrogens with zero attached hydrogens (tertiary/aromatic N) is 3. The smallest absolute Gasteiger partial charge is 0.243 e. The van der Waals surface area contributed by atoms with Gasteiger partial charge in [-0.15, -0.1) is 0 Å². The molecule has 2 amide bonds. The molecule has 170 valence electrons. The zero-order chi connectivity index (χ0) is 23.1. The number of rotatable bonds is 8. The van der Waals surface area contributed by atoms with Crippen LogP contribution < -0.4 is 22.0 Å². The maximum Gasteiger partial charge on any atom is 0.243 e. The maximum absolute atomic E-state index is 13.1. The average molecular weight is 475 g/mol. The van der Waals surface area contributed by atoms with Gasteiger partial charge in [0, 0.05) is 23.4 Å². The van der Waals surface area contributed by atoms with Crippen LogP contribution in [0, 0.1) is 0 Å². The second-order valence-corrected chi connectivity index (χ2v) is 9.05. The lowest BCUT2D eigenvalue weighted by molar-refractivity contribution is -0.138. The highest BCUT2D eigenvalue weighted by Gasteiger charge is 2.39. The van der Waals surface area contributed by atoms with Gasteiger partial charge in [0.2, 0.25) is 11.8 Å². The predicted molar refractivity (Wildman–Crippen MR) is 130 cm³/mol. The van der Waals surface area contributed by atoms with Gasteiger partial charge in [0.15, 0.2) is 0 Å². The molecule has 0 bridgehead atoms. The number of hydrazine groups is 1. The first-order chi connectivity index (χ1) is 15.4. The van der Waals surface area contributed by atoms with E-state index in [0.717, 1.165) is 5.56 Å².